The fraction of sp³-hybridized carbons (Fsp3) is 0.818. The molecule has 1 fully saturated rings. The number of rotatable bonds is 0. The lowest BCUT2D eigenvalue weighted by atomic mass is 10.2. The van der Waals surface area contributed by atoms with Gasteiger partial charge in [0.15, 0.2) is 0 Å². The van der Waals surface area contributed by atoms with Crippen molar-refractivity contribution in [3.8, 4) is 0 Å². The maximum absolute atomic E-state index is 11.6. The second kappa shape index (κ2) is 7.45. The van der Waals surface area contributed by atoms with Gasteiger partial charge in [0.2, 0.25) is 0 Å². The number of hydrogen-bond acceptors (Lipinski definition) is 4. The minimum absolute atomic E-state index is 0.189. The third-order valence-corrected chi connectivity index (χ3v) is 2.15. The number of likely N-dealkylation sites (N-methyl/N-ethyl adjacent to an activating group) is 1. The van der Waals surface area contributed by atoms with Crippen LogP contribution in [-0.2, 0) is 4.74 Å². The van der Waals surface area contributed by atoms with Gasteiger partial charge in [0, 0.05) is 26.2 Å². The van der Waals surface area contributed by atoms with Crippen molar-refractivity contribution in [3.05, 3.63) is 0 Å². The first-order valence-corrected chi connectivity index (χ1v) is 6.09. The largest absolute Gasteiger partial charge is 0.444 e. The van der Waals surface area contributed by atoms with Gasteiger partial charge in [0.05, 0.1) is 5.49 Å². The number of amides is 1. The number of ether oxygens (including phenoxy) is 1. The van der Waals surface area contributed by atoms with E-state index in [0.29, 0.717) is 0 Å². The molecule has 0 aliphatic carbocycles. The highest BCUT2D eigenvalue weighted by atomic mass is 32.1. The molecule has 100 valence electrons. The molecule has 0 aromatic heterocycles. The van der Waals surface area contributed by atoms with E-state index in [1.54, 1.807) is 4.90 Å². The fourth-order valence-corrected chi connectivity index (χ4v) is 1.32. The summed E-state index contributed by atoms with van der Waals surface area (Å²) in [6, 6.07) is 0. The van der Waals surface area contributed by atoms with Gasteiger partial charge in [-0.05, 0) is 27.8 Å². The molecule has 2 N–H and O–H groups in total. The van der Waals surface area contributed by atoms with Crippen LogP contribution in [0.3, 0.4) is 0 Å². The van der Waals surface area contributed by atoms with Crippen LogP contribution in [0.2, 0.25) is 0 Å². The second-order valence-corrected chi connectivity index (χ2v) is 5.18. The van der Waals surface area contributed by atoms with Crippen LogP contribution in [0, 0.1) is 0 Å². The third-order valence-electron chi connectivity index (χ3n) is 2.15. The number of carbonyl (C=O) groups excluding carboxylic acids is 1. The smallest absolute Gasteiger partial charge is 0.410 e. The molecule has 17 heavy (non-hydrogen) atoms. The first-order valence-electron chi connectivity index (χ1n) is 5.62. The number of carbonyl (C=O) groups is 1. The predicted molar refractivity (Wildman–Crippen MR) is 73.1 cm³/mol. The Labute approximate surface area is 109 Å². The fourth-order valence-electron chi connectivity index (χ4n) is 1.32. The molecule has 0 saturated carbocycles. The summed E-state index contributed by atoms with van der Waals surface area (Å²) in [7, 11) is 2.06. The first-order chi connectivity index (χ1) is 7.80. The Morgan fingerprint density at radius 1 is 1.29 bits per heavy atom. The topological polar surface area (TPSA) is 58.8 Å². The van der Waals surface area contributed by atoms with E-state index < -0.39 is 0 Å². The molecule has 0 unspecified atom stereocenters. The lowest BCUT2D eigenvalue weighted by molar-refractivity contribution is 0.0164. The van der Waals surface area contributed by atoms with Gasteiger partial charge in [0.25, 0.3) is 0 Å². The summed E-state index contributed by atoms with van der Waals surface area (Å²) >= 11 is 4.05. The van der Waals surface area contributed by atoms with E-state index in [1.165, 1.54) is 0 Å². The Kier molecular flexibility index (Phi) is 7.06. The summed E-state index contributed by atoms with van der Waals surface area (Å²) in [5, 5.41) is 0. The van der Waals surface area contributed by atoms with E-state index in [2.05, 4.69) is 29.9 Å². The molecule has 0 spiro atoms. The van der Waals surface area contributed by atoms with Crippen molar-refractivity contribution in [1.82, 2.24) is 9.80 Å². The highest BCUT2D eigenvalue weighted by Crippen LogP contribution is 2.11. The molecule has 0 radical (unpaired) electrons. The summed E-state index contributed by atoms with van der Waals surface area (Å²) in [6.07, 6.45) is -0.189. The average Bonchev–Trinajstić information content (AvgIpc) is 2.17. The normalized spacial score (nSPS) is 16.8. The zero-order chi connectivity index (χ0) is 13.5. The molecule has 1 aliphatic rings. The molecule has 6 heteroatoms. The van der Waals surface area contributed by atoms with E-state index in [4.69, 9.17) is 4.74 Å². The Hall–Kier alpha value is -0.880. The standard InChI is InChI=1S/C10H20N2O2.CH3NS/c1-10(2,3)14-9(13)12-7-5-11(4)6-8-12;2-1-3/h5-8H2,1-4H3;1H,(H2,2,3). The van der Waals surface area contributed by atoms with Crippen LogP contribution in [0.15, 0.2) is 0 Å². The zero-order valence-corrected chi connectivity index (χ0v) is 11.9. The highest BCUT2D eigenvalue weighted by molar-refractivity contribution is 7.78. The molecule has 1 rings (SSSR count). The predicted octanol–water partition coefficient (Wildman–Crippen LogP) is 1.07. The van der Waals surface area contributed by atoms with Crippen LogP contribution in [0.4, 0.5) is 4.79 Å². The van der Waals surface area contributed by atoms with Crippen LogP contribution in [0.5, 0.6) is 0 Å². The maximum Gasteiger partial charge on any atom is 0.410 e. The summed E-state index contributed by atoms with van der Waals surface area (Å²) in [5.41, 5.74) is 5.23. The molecular formula is C11H23N3O2S. The molecule has 1 saturated heterocycles. The van der Waals surface area contributed by atoms with Gasteiger partial charge in [-0.1, -0.05) is 12.2 Å². The van der Waals surface area contributed by atoms with E-state index in [1.807, 2.05) is 20.8 Å². The van der Waals surface area contributed by atoms with E-state index in [0.717, 1.165) is 31.7 Å². The molecule has 0 bridgehead atoms. The van der Waals surface area contributed by atoms with Crippen LogP contribution in [0.1, 0.15) is 20.8 Å². The lowest BCUT2D eigenvalue weighted by Crippen LogP contribution is -2.48. The summed E-state index contributed by atoms with van der Waals surface area (Å²) in [4.78, 5) is 15.6. The number of hydrogen-bond donors (Lipinski definition) is 1. The van der Waals surface area contributed by atoms with Crippen molar-refractivity contribution in [3.63, 3.8) is 0 Å². The Morgan fingerprint density at radius 2 is 1.71 bits per heavy atom. The van der Waals surface area contributed by atoms with Gasteiger partial charge >= 0.3 is 6.09 Å². The quantitative estimate of drug-likeness (QED) is 0.661. The molecule has 5 nitrogen and oxygen atoms in total. The van der Waals surface area contributed by atoms with Gasteiger partial charge in [-0.2, -0.15) is 0 Å². The molecule has 0 aromatic rings. The molecule has 1 aliphatic heterocycles. The van der Waals surface area contributed by atoms with E-state index in [9.17, 15) is 4.79 Å². The maximum atomic E-state index is 11.6. The van der Waals surface area contributed by atoms with Gasteiger partial charge < -0.3 is 20.3 Å². The van der Waals surface area contributed by atoms with Crippen LogP contribution >= 0.6 is 12.2 Å². The Morgan fingerprint density at radius 3 is 2.06 bits per heavy atom. The number of nitrogens with zero attached hydrogens (tertiary/aromatic N) is 2. The van der Waals surface area contributed by atoms with Crippen LogP contribution < -0.4 is 5.73 Å². The second-order valence-electron chi connectivity index (χ2n) is 4.91. The summed E-state index contributed by atoms with van der Waals surface area (Å²) < 4.78 is 5.28. The van der Waals surface area contributed by atoms with E-state index >= 15 is 0 Å². The molecular weight excluding hydrogens is 238 g/mol. The third kappa shape index (κ3) is 7.93. The molecule has 0 aromatic carbocycles. The number of nitrogens with two attached hydrogens (primary N) is 1. The summed E-state index contributed by atoms with van der Waals surface area (Å²) in [6.45, 7) is 9.07. The van der Waals surface area contributed by atoms with Crippen molar-refractivity contribution in [2.45, 2.75) is 26.4 Å². The Bertz CT molecular complexity index is 246. The number of thiocarbonyl (C=S) groups is 1. The van der Waals surface area contributed by atoms with Gasteiger partial charge in [-0.15, -0.1) is 0 Å². The molecule has 1 heterocycles. The van der Waals surface area contributed by atoms with Crippen molar-refractivity contribution in [2.24, 2.45) is 5.73 Å². The SMILES string of the molecule is CN1CCN(C(=O)OC(C)(C)C)CC1.NC=S. The minimum atomic E-state index is -0.388. The highest BCUT2D eigenvalue weighted by Gasteiger charge is 2.24. The van der Waals surface area contributed by atoms with Gasteiger partial charge in [0.1, 0.15) is 5.60 Å². The van der Waals surface area contributed by atoms with Crippen molar-refractivity contribution >= 4 is 23.8 Å². The number of piperazine rings is 1. The Balaban J connectivity index is 0.000000770. The monoisotopic (exact) mass is 261 g/mol. The molecule has 0 atom stereocenters. The van der Waals surface area contributed by atoms with Gasteiger partial charge in [-0.25, -0.2) is 4.79 Å². The van der Waals surface area contributed by atoms with Crippen molar-refractivity contribution in [1.29, 1.82) is 0 Å². The average molecular weight is 261 g/mol. The minimum Gasteiger partial charge on any atom is -0.444 e. The van der Waals surface area contributed by atoms with Crippen molar-refractivity contribution in [2.75, 3.05) is 33.2 Å². The molecule has 1 amide bonds. The zero-order valence-electron chi connectivity index (χ0n) is 11.1. The summed E-state index contributed by atoms with van der Waals surface area (Å²) in [5.74, 6) is 0. The first kappa shape index (κ1) is 16.1. The van der Waals surface area contributed by atoms with Crippen LogP contribution in [0.25, 0.3) is 0 Å². The van der Waals surface area contributed by atoms with Gasteiger partial charge in [-0.3, -0.25) is 0 Å². The van der Waals surface area contributed by atoms with Crippen LogP contribution in [-0.4, -0.2) is 60.2 Å². The lowest BCUT2D eigenvalue weighted by Gasteiger charge is -2.33. The van der Waals surface area contributed by atoms with E-state index in [-0.39, 0.29) is 11.7 Å². The van der Waals surface area contributed by atoms with Crippen molar-refractivity contribution < 1.29 is 9.53 Å².